The van der Waals surface area contributed by atoms with Gasteiger partial charge in [0.1, 0.15) is 10.9 Å². The van der Waals surface area contributed by atoms with E-state index < -0.39 is 0 Å². The largest absolute Gasteiger partial charge is 0.364 e. The molecule has 1 aliphatic rings. The molecule has 1 saturated carbocycles. The maximum absolute atomic E-state index is 4.32. The van der Waals surface area contributed by atoms with E-state index in [-0.39, 0.29) is 0 Å². The number of hydrogen-bond acceptors (Lipinski definition) is 4. The Hall–Kier alpha value is -1.17. The molecule has 6 heteroatoms. The van der Waals surface area contributed by atoms with E-state index in [1.54, 1.807) is 10.7 Å². The molecule has 3 rings (SSSR count). The standard InChI is InChI=1S/C9H10BrN5/c10-7-4-11-8(14-6-2-1-3-6)9-12-5-13-15(7)9/h4-6H,1-3H2,(H,11,14). The zero-order valence-corrected chi connectivity index (χ0v) is 9.61. The lowest BCUT2D eigenvalue weighted by molar-refractivity contribution is 0.444. The van der Waals surface area contributed by atoms with Crippen LogP contribution in [0.1, 0.15) is 19.3 Å². The molecular weight excluding hydrogens is 258 g/mol. The summed E-state index contributed by atoms with van der Waals surface area (Å²) in [5.74, 6) is 0.820. The van der Waals surface area contributed by atoms with Crippen molar-refractivity contribution >= 4 is 27.4 Å². The molecule has 0 unspecified atom stereocenters. The van der Waals surface area contributed by atoms with Crippen molar-refractivity contribution in [2.45, 2.75) is 25.3 Å². The summed E-state index contributed by atoms with van der Waals surface area (Å²) < 4.78 is 2.54. The van der Waals surface area contributed by atoms with Crippen LogP contribution in [0.2, 0.25) is 0 Å². The average Bonchev–Trinajstić information content (AvgIpc) is 2.63. The second-order valence-corrected chi connectivity index (χ2v) is 4.51. The molecule has 0 bridgehead atoms. The van der Waals surface area contributed by atoms with Gasteiger partial charge in [-0.25, -0.2) is 14.5 Å². The van der Waals surface area contributed by atoms with E-state index in [0.717, 1.165) is 16.1 Å². The van der Waals surface area contributed by atoms with Crippen LogP contribution in [-0.4, -0.2) is 25.6 Å². The first-order chi connectivity index (χ1) is 7.34. The number of hydrogen-bond donors (Lipinski definition) is 1. The quantitative estimate of drug-likeness (QED) is 0.903. The maximum atomic E-state index is 4.32. The SMILES string of the molecule is Brc1cnc(NC2CCC2)c2ncnn12. The summed E-state index contributed by atoms with van der Waals surface area (Å²) in [5.41, 5.74) is 0.774. The highest BCUT2D eigenvalue weighted by molar-refractivity contribution is 9.10. The molecule has 0 atom stereocenters. The summed E-state index contributed by atoms with van der Waals surface area (Å²) in [6, 6.07) is 0.555. The van der Waals surface area contributed by atoms with Gasteiger partial charge in [0, 0.05) is 6.04 Å². The van der Waals surface area contributed by atoms with Crippen LogP contribution < -0.4 is 5.32 Å². The van der Waals surface area contributed by atoms with Crippen molar-refractivity contribution in [1.29, 1.82) is 0 Å². The molecule has 0 aromatic carbocycles. The molecular formula is C9H10BrN5. The van der Waals surface area contributed by atoms with Gasteiger partial charge in [0.2, 0.25) is 0 Å². The molecule has 1 N–H and O–H groups in total. The molecule has 15 heavy (non-hydrogen) atoms. The van der Waals surface area contributed by atoms with Crippen LogP contribution in [0.5, 0.6) is 0 Å². The van der Waals surface area contributed by atoms with Crippen LogP contribution in [-0.2, 0) is 0 Å². The van der Waals surface area contributed by atoms with Gasteiger partial charge in [0.15, 0.2) is 11.5 Å². The predicted octanol–water partition coefficient (Wildman–Crippen LogP) is 1.85. The van der Waals surface area contributed by atoms with Gasteiger partial charge in [-0.05, 0) is 35.2 Å². The van der Waals surface area contributed by atoms with Gasteiger partial charge in [0.25, 0.3) is 0 Å². The molecule has 78 valence electrons. The fraction of sp³-hybridized carbons (Fsp3) is 0.444. The van der Waals surface area contributed by atoms with E-state index in [9.17, 15) is 0 Å². The lowest BCUT2D eigenvalue weighted by Crippen LogP contribution is -2.27. The third-order valence-corrected chi connectivity index (χ3v) is 3.25. The van der Waals surface area contributed by atoms with Crippen molar-refractivity contribution < 1.29 is 0 Å². The van der Waals surface area contributed by atoms with Crippen LogP contribution >= 0.6 is 15.9 Å². The Balaban J connectivity index is 2.02. The molecule has 0 saturated heterocycles. The second kappa shape index (κ2) is 3.44. The van der Waals surface area contributed by atoms with Gasteiger partial charge < -0.3 is 5.32 Å². The van der Waals surface area contributed by atoms with Crippen molar-refractivity contribution in [2.24, 2.45) is 0 Å². The number of rotatable bonds is 2. The van der Waals surface area contributed by atoms with E-state index in [2.05, 4.69) is 36.3 Å². The van der Waals surface area contributed by atoms with Gasteiger partial charge >= 0.3 is 0 Å². The Morgan fingerprint density at radius 1 is 1.40 bits per heavy atom. The Kier molecular flexibility index (Phi) is 2.09. The summed E-state index contributed by atoms with van der Waals surface area (Å²) >= 11 is 3.38. The highest BCUT2D eigenvalue weighted by Crippen LogP contribution is 2.24. The lowest BCUT2D eigenvalue weighted by atomic mass is 9.93. The summed E-state index contributed by atoms with van der Waals surface area (Å²) in [6.07, 6.45) is 7.02. The first kappa shape index (κ1) is 9.08. The van der Waals surface area contributed by atoms with Crippen LogP contribution in [0.25, 0.3) is 5.65 Å². The van der Waals surface area contributed by atoms with Gasteiger partial charge in [-0.2, -0.15) is 5.10 Å². The topological polar surface area (TPSA) is 55.1 Å². The van der Waals surface area contributed by atoms with Gasteiger partial charge in [0.05, 0.1) is 6.20 Å². The fourth-order valence-corrected chi connectivity index (χ4v) is 2.00. The van der Waals surface area contributed by atoms with Crippen LogP contribution in [0, 0.1) is 0 Å². The third-order valence-electron chi connectivity index (χ3n) is 2.71. The summed E-state index contributed by atoms with van der Waals surface area (Å²) in [7, 11) is 0. The Morgan fingerprint density at radius 3 is 3.00 bits per heavy atom. The number of halogens is 1. The fourth-order valence-electron chi connectivity index (χ4n) is 1.64. The molecule has 0 aliphatic heterocycles. The number of nitrogens with one attached hydrogen (secondary N) is 1. The maximum Gasteiger partial charge on any atom is 0.199 e. The first-order valence-electron chi connectivity index (χ1n) is 4.95. The number of anilines is 1. The summed E-state index contributed by atoms with van der Waals surface area (Å²) in [5, 5.41) is 7.49. The molecule has 5 nitrogen and oxygen atoms in total. The van der Waals surface area contributed by atoms with Crippen molar-refractivity contribution in [3.05, 3.63) is 17.1 Å². The molecule has 0 radical (unpaired) electrons. The first-order valence-corrected chi connectivity index (χ1v) is 5.74. The van der Waals surface area contributed by atoms with Gasteiger partial charge in [-0.15, -0.1) is 0 Å². The number of aromatic nitrogens is 4. The van der Waals surface area contributed by atoms with Crippen LogP contribution in [0.3, 0.4) is 0 Å². The van der Waals surface area contributed by atoms with Crippen LogP contribution in [0.4, 0.5) is 5.82 Å². The highest BCUT2D eigenvalue weighted by Gasteiger charge is 2.19. The molecule has 2 heterocycles. The van der Waals surface area contributed by atoms with E-state index in [1.807, 2.05) is 0 Å². The van der Waals surface area contributed by atoms with E-state index >= 15 is 0 Å². The predicted molar refractivity (Wildman–Crippen MR) is 59.7 cm³/mol. The average molecular weight is 268 g/mol. The van der Waals surface area contributed by atoms with Crippen molar-refractivity contribution in [2.75, 3.05) is 5.32 Å². The zero-order valence-electron chi connectivity index (χ0n) is 8.02. The van der Waals surface area contributed by atoms with Gasteiger partial charge in [-0.3, -0.25) is 0 Å². The van der Waals surface area contributed by atoms with Crippen molar-refractivity contribution in [3.8, 4) is 0 Å². The molecule has 1 fully saturated rings. The van der Waals surface area contributed by atoms with Crippen molar-refractivity contribution in [1.82, 2.24) is 19.6 Å². The smallest absolute Gasteiger partial charge is 0.199 e. The molecule has 2 aromatic heterocycles. The molecule has 0 spiro atoms. The van der Waals surface area contributed by atoms with E-state index in [0.29, 0.717) is 6.04 Å². The Morgan fingerprint density at radius 2 is 2.27 bits per heavy atom. The van der Waals surface area contributed by atoms with E-state index in [4.69, 9.17) is 0 Å². The summed E-state index contributed by atoms with van der Waals surface area (Å²) in [4.78, 5) is 8.51. The normalized spacial score (nSPS) is 16.6. The number of fused-ring (bicyclic) bond motifs is 1. The third kappa shape index (κ3) is 1.49. The lowest BCUT2D eigenvalue weighted by Gasteiger charge is -2.26. The zero-order chi connectivity index (χ0) is 10.3. The Labute approximate surface area is 95.0 Å². The second-order valence-electron chi connectivity index (χ2n) is 3.70. The monoisotopic (exact) mass is 267 g/mol. The van der Waals surface area contributed by atoms with Crippen molar-refractivity contribution in [3.63, 3.8) is 0 Å². The molecule has 0 amide bonds. The summed E-state index contributed by atoms with van der Waals surface area (Å²) in [6.45, 7) is 0. The Bertz CT molecular complexity index is 490. The highest BCUT2D eigenvalue weighted by atomic mass is 79.9. The van der Waals surface area contributed by atoms with Gasteiger partial charge in [-0.1, -0.05) is 0 Å². The minimum absolute atomic E-state index is 0.555. The van der Waals surface area contributed by atoms with Crippen LogP contribution in [0.15, 0.2) is 17.1 Å². The molecule has 1 aliphatic carbocycles. The minimum Gasteiger partial charge on any atom is -0.364 e. The van der Waals surface area contributed by atoms with E-state index in [1.165, 1.54) is 25.6 Å². The molecule has 2 aromatic rings. The number of nitrogens with zero attached hydrogens (tertiary/aromatic N) is 4. The minimum atomic E-state index is 0.555.